The van der Waals surface area contributed by atoms with Crippen LogP contribution in [-0.2, 0) is 16.1 Å². The van der Waals surface area contributed by atoms with E-state index in [0.29, 0.717) is 22.3 Å². The molecule has 0 radical (unpaired) electrons. The van der Waals surface area contributed by atoms with Gasteiger partial charge in [-0.3, -0.25) is 9.59 Å². The molecule has 2 rings (SSSR count). The summed E-state index contributed by atoms with van der Waals surface area (Å²) in [5, 5.41) is 3.56. The van der Waals surface area contributed by atoms with Gasteiger partial charge in [-0.25, -0.2) is 0 Å². The van der Waals surface area contributed by atoms with Crippen LogP contribution in [0.4, 0.5) is 5.69 Å². The van der Waals surface area contributed by atoms with Crippen molar-refractivity contribution in [3.05, 3.63) is 64.1 Å². The standard InChI is InChI=1S/C17H16Cl2N2O2/c1-12(22)21(10-13-5-3-2-4-6-13)11-17(23)20-16-8-14(18)7-15(19)9-16/h2-9H,10-11H2,1H3,(H,20,23). The maximum Gasteiger partial charge on any atom is 0.244 e. The number of halogens is 2. The SMILES string of the molecule is CC(=O)N(CC(=O)Nc1cc(Cl)cc(Cl)c1)Cc1ccccc1. The largest absolute Gasteiger partial charge is 0.329 e. The number of anilines is 1. The molecule has 4 nitrogen and oxygen atoms in total. The van der Waals surface area contributed by atoms with Crippen LogP contribution in [-0.4, -0.2) is 23.3 Å². The predicted molar refractivity (Wildman–Crippen MR) is 92.6 cm³/mol. The summed E-state index contributed by atoms with van der Waals surface area (Å²) in [4.78, 5) is 25.4. The van der Waals surface area contributed by atoms with Crippen LogP contribution in [0.25, 0.3) is 0 Å². The van der Waals surface area contributed by atoms with Crippen molar-refractivity contribution >= 4 is 40.7 Å². The van der Waals surface area contributed by atoms with Crippen molar-refractivity contribution in [1.82, 2.24) is 4.90 Å². The minimum atomic E-state index is -0.311. The van der Waals surface area contributed by atoms with Gasteiger partial charge in [-0.1, -0.05) is 53.5 Å². The third kappa shape index (κ3) is 5.58. The summed E-state index contributed by atoms with van der Waals surface area (Å²) in [7, 11) is 0. The fourth-order valence-electron chi connectivity index (χ4n) is 2.08. The van der Waals surface area contributed by atoms with Crippen molar-refractivity contribution in [3.63, 3.8) is 0 Å². The molecule has 0 aliphatic rings. The van der Waals surface area contributed by atoms with Crippen LogP contribution in [0.3, 0.4) is 0 Å². The smallest absolute Gasteiger partial charge is 0.244 e. The number of carbonyl (C=O) groups is 2. The third-order valence-electron chi connectivity index (χ3n) is 3.14. The molecule has 0 saturated carbocycles. The Hall–Kier alpha value is -2.04. The van der Waals surface area contributed by atoms with E-state index in [-0.39, 0.29) is 18.4 Å². The molecule has 0 spiro atoms. The van der Waals surface area contributed by atoms with Gasteiger partial charge in [0.1, 0.15) is 6.54 Å². The highest BCUT2D eigenvalue weighted by Gasteiger charge is 2.14. The first-order chi connectivity index (χ1) is 10.9. The van der Waals surface area contributed by atoms with Crippen LogP contribution in [0, 0.1) is 0 Å². The van der Waals surface area contributed by atoms with Gasteiger partial charge in [-0.05, 0) is 23.8 Å². The van der Waals surface area contributed by atoms with E-state index in [4.69, 9.17) is 23.2 Å². The first kappa shape index (κ1) is 17.3. The number of nitrogens with one attached hydrogen (secondary N) is 1. The number of benzene rings is 2. The first-order valence-corrected chi connectivity index (χ1v) is 7.75. The minimum Gasteiger partial charge on any atom is -0.329 e. The molecule has 0 unspecified atom stereocenters. The first-order valence-electron chi connectivity index (χ1n) is 6.99. The average molecular weight is 351 g/mol. The lowest BCUT2D eigenvalue weighted by molar-refractivity contribution is -0.133. The van der Waals surface area contributed by atoms with E-state index in [1.807, 2.05) is 30.3 Å². The molecule has 2 amide bonds. The Morgan fingerprint density at radius 1 is 1.04 bits per heavy atom. The fourth-order valence-corrected chi connectivity index (χ4v) is 2.61. The van der Waals surface area contributed by atoms with Gasteiger partial charge in [0.2, 0.25) is 11.8 Å². The molecular weight excluding hydrogens is 335 g/mol. The highest BCUT2D eigenvalue weighted by Crippen LogP contribution is 2.22. The fraction of sp³-hybridized carbons (Fsp3) is 0.176. The lowest BCUT2D eigenvalue weighted by Gasteiger charge is -2.20. The summed E-state index contributed by atoms with van der Waals surface area (Å²) in [6.45, 7) is 1.76. The van der Waals surface area contributed by atoms with E-state index in [9.17, 15) is 9.59 Å². The van der Waals surface area contributed by atoms with Crippen LogP contribution in [0.2, 0.25) is 10.0 Å². The molecule has 0 saturated heterocycles. The van der Waals surface area contributed by atoms with Crippen LogP contribution in [0.15, 0.2) is 48.5 Å². The summed E-state index contributed by atoms with van der Waals surface area (Å²) >= 11 is 11.8. The van der Waals surface area contributed by atoms with E-state index in [2.05, 4.69) is 5.32 Å². The van der Waals surface area contributed by atoms with Gasteiger partial charge in [-0.15, -0.1) is 0 Å². The van der Waals surface area contributed by atoms with E-state index < -0.39 is 0 Å². The maximum absolute atomic E-state index is 12.1. The topological polar surface area (TPSA) is 49.4 Å². The summed E-state index contributed by atoms with van der Waals surface area (Å²) in [5.74, 6) is -0.484. The molecule has 0 bridgehead atoms. The zero-order chi connectivity index (χ0) is 16.8. The van der Waals surface area contributed by atoms with Crippen LogP contribution in [0.1, 0.15) is 12.5 Å². The second-order valence-electron chi connectivity index (χ2n) is 5.07. The molecule has 120 valence electrons. The Morgan fingerprint density at radius 3 is 2.22 bits per heavy atom. The van der Waals surface area contributed by atoms with Crippen molar-refractivity contribution in [3.8, 4) is 0 Å². The number of carbonyl (C=O) groups excluding carboxylic acids is 2. The molecule has 0 aliphatic heterocycles. The average Bonchev–Trinajstić information content (AvgIpc) is 2.46. The number of rotatable bonds is 5. The molecule has 2 aromatic carbocycles. The number of amides is 2. The molecule has 0 heterocycles. The molecule has 23 heavy (non-hydrogen) atoms. The summed E-state index contributed by atoms with van der Waals surface area (Å²) in [6, 6.07) is 14.3. The molecule has 1 N–H and O–H groups in total. The minimum absolute atomic E-state index is 0.0473. The van der Waals surface area contributed by atoms with E-state index in [1.165, 1.54) is 11.8 Å². The molecule has 0 aliphatic carbocycles. The maximum atomic E-state index is 12.1. The van der Waals surface area contributed by atoms with Gasteiger partial charge in [-0.2, -0.15) is 0 Å². The Kier molecular flexibility index (Phi) is 6.02. The Labute approximate surface area is 145 Å². The molecule has 2 aromatic rings. The van der Waals surface area contributed by atoms with Gasteiger partial charge in [0.15, 0.2) is 0 Å². The predicted octanol–water partition coefficient (Wildman–Crippen LogP) is 3.98. The van der Waals surface area contributed by atoms with Crippen LogP contribution in [0.5, 0.6) is 0 Å². The lowest BCUT2D eigenvalue weighted by atomic mass is 10.2. The zero-order valence-corrected chi connectivity index (χ0v) is 14.1. The Balaban J connectivity index is 2.02. The quantitative estimate of drug-likeness (QED) is 0.886. The van der Waals surface area contributed by atoms with Crippen molar-refractivity contribution in [2.45, 2.75) is 13.5 Å². The summed E-state index contributed by atoms with van der Waals surface area (Å²) in [5.41, 5.74) is 1.46. The van der Waals surface area contributed by atoms with Gasteiger partial charge in [0, 0.05) is 29.2 Å². The van der Waals surface area contributed by atoms with Gasteiger partial charge in [0.05, 0.1) is 0 Å². The summed E-state index contributed by atoms with van der Waals surface area (Å²) < 4.78 is 0. The highest BCUT2D eigenvalue weighted by atomic mass is 35.5. The second-order valence-corrected chi connectivity index (χ2v) is 5.94. The molecular formula is C17H16Cl2N2O2. The highest BCUT2D eigenvalue weighted by molar-refractivity contribution is 6.35. The zero-order valence-electron chi connectivity index (χ0n) is 12.6. The van der Waals surface area contributed by atoms with Crippen LogP contribution >= 0.6 is 23.2 Å². The molecule has 0 aromatic heterocycles. The van der Waals surface area contributed by atoms with Gasteiger partial charge >= 0.3 is 0 Å². The number of hydrogen-bond acceptors (Lipinski definition) is 2. The monoisotopic (exact) mass is 350 g/mol. The van der Waals surface area contributed by atoms with Gasteiger partial charge in [0.25, 0.3) is 0 Å². The van der Waals surface area contributed by atoms with Crippen molar-refractivity contribution in [1.29, 1.82) is 0 Å². The molecule has 6 heteroatoms. The van der Waals surface area contributed by atoms with Crippen LogP contribution < -0.4 is 5.32 Å². The van der Waals surface area contributed by atoms with E-state index >= 15 is 0 Å². The Bertz CT molecular complexity index is 685. The molecule has 0 atom stereocenters. The van der Waals surface area contributed by atoms with E-state index in [1.54, 1.807) is 18.2 Å². The lowest BCUT2D eigenvalue weighted by Crippen LogP contribution is -2.36. The summed E-state index contributed by atoms with van der Waals surface area (Å²) in [6.07, 6.45) is 0. The van der Waals surface area contributed by atoms with Crippen molar-refractivity contribution in [2.75, 3.05) is 11.9 Å². The third-order valence-corrected chi connectivity index (χ3v) is 3.58. The second kappa shape index (κ2) is 7.99. The Morgan fingerprint density at radius 2 is 1.65 bits per heavy atom. The van der Waals surface area contributed by atoms with Crippen molar-refractivity contribution in [2.24, 2.45) is 0 Å². The number of nitrogens with zero attached hydrogens (tertiary/aromatic N) is 1. The van der Waals surface area contributed by atoms with Gasteiger partial charge < -0.3 is 10.2 Å². The normalized spacial score (nSPS) is 10.2. The van der Waals surface area contributed by atoms with Crippen molar-refractivity contribution < 1.29 is 9.59 Å². The van der Waals surface area contributed by atoms with E-state index in [0.717, 1.165) is 5.56 Å². The number of hydrogen-bond donors (Lipinski definition) is 1. The molecule has 0 fully saturated rings.